The number of alkyl halides is 1. The Morgan fingerprint density at radius 3 is 2.00 bits per heavy atom. The van der Waals surface area contributed by atoms with Crippen LogP contribution in [-0.2, 0) is 0 Å². The highest BCUT2D eigenvalue weighted by Gasteiger charge is 2.18. The first kappa shape index (κ1) is 8.40. The molecule has 0 aliphatic heterocycles. The molecule has 1 N–H and O–H groups in total. The van der Waals surface area contributed by atoms with Crippen molar-refractivity contribution in [2.45, 2.75) is 20.8 Å². The van der Waals surface area contributed by atoms with Gasteiger partial charge in [0, 0.05) is 5.41 Å². The van der Waals surface area contributed by atoms with Crippen LogP contribution in [0.5, 0.6) is 0 Å². The molecule has 0 bridgehead atoms. The molecular formula is C6H12FNO. The molecule has 0 saturated carbocycles. The SMILES string of the molecule is CC(C)(C)/C(CF)=N\O. The number of halogens is 1. The molecule has 0 aliphatic carbocycles. The van der Waals surface area contributed by atoms with Crippen LogP contribution in [0.2, 0.25) is 0 Å². The van der Waals surface area contributed by atoms with Gasteiger partial charge in [-0.05, 0) is 0 Å². The Balaban J connectivity index is 4.14. The maximum Gasteiger partial charge on any atom is 0.131 e. The van der Waals surface area contributed by atoms with E-state index in [1.807, 2.05) is 0 Å². The first-order chi connectivity index (χ1) is 4.02. The summed E-state index contributed by atoms with van der Waals surface area (Å²) in [6, 6.07) is 0. The van der Waals surface area contributed by atoms with E-state index in [1.165, 1.54) is 0 Å². The Kier molecular flexibility index (Phi) is 2.62. The van der Waals surface area contributed by atoms with Crippen molar-refractivity contribution >= 4 is 5.71 Å². The van der Waals surface area contributed by atoms with Gasteiger partial charge in [0.15, 0.2) is 0 Å². The fraction of sp³-hybridized carbons (Fsp3) is 0.833. The lowest BCUT2D eigenvalue weighted by Crippen LogP contribution is -2.21. The monoisotopic (exact) mass is 133 g/mol. The third kappa shape index (κ3) is 2.44. The van der Waals surface area contributed by atoms with Crippen molar-refractivity contribution in [3.05, 3.63) is 0 Å². The van der Waals surface area contributed by atoms with Crippen LogP contribution in [0.15, 0.2) is 5.16 Å². The summed E-state index contributed by atoms with van der Waals surface area (Å²) in [5.74, 6) is 0. The minimum Gasteiger partial charge on any atom is -0.411 e. The van der Waals surface area contributed by atoms with Gasteiger partial charge in [-0.2, -0.15) is 0 Å². The fourth-order valence-electron chi connectivity index (χ4n) is 0.377. The van der Waals surface area contributed by atoms with E-state index >= 15 is 0 Å². The molecule has 0 rings (SSSR count). The van der Waals surface area contributed by atoms with Gasteiger partial charge in [0.25, 0.3) is 0 Å². The number of oxime groups is 1. The molecule has 0 aromatic carbocycles. The fourth-order valence-corrected chi connectivity index (χ4v) is 0.377. The van der Waals surface area contributed by atoms with Gasteiger partial charge in [0.2, 0.25) is 0 Å². The first-order valence-electron chi connectivity index (χ1n) is 2.79. The third-order valence-corrected chi connectivity index (χ3v) is 1.11. The Hall–Kier alpha value is -0.600. The van der Waals surface area contributed by atoms with E-state index in [4.69, 9.17) is 5.21 Å². The van der Waals surface area contributed by atoms with Crippen molar-refractivity contribution in [3.8, 4) is 0 Å². The highest BCUT2D eigenvalue weighted by Crippen LogP contribution is 2.15. The van der Waals surface area contributed by atoms with E-state index in [1.54, 1.807) is 20.8 Å². The lowest BCUT2D eigenvalue weighted by atomic mass is 9.91. The van der Waals surface area contributed by atoms with Crippen LogP contribution in [0.1, 0.15) is 20.8 Å². The standard InChI is InChI=1S/C6H12FNO/c1-6(2,3)5(4-7)8-9/h9H,4H2,1-3H3/b8-5-. The predicted molar refractivity (Wildman–Crippen MR) is 34.7 cm³/mol. The maximum absolute atomic E-state index is 11.9. The molecule has 0 radical (unpaired) electrons. The van der Waals surface area contributed by atoms with Crippen molar-refractivity contribution in [2.24, 2.45) is 10.6 Å². The van der Waals surface area contributed by atoms with Crippen LogP contribution in [0.25, 0.3) is 0 Å². The average molecular weight is 133 g/mol. The molecular weight excluding hydrogens is 121 g/mol. The third-order valence-electron chi connectivity index (χ3n) is 1.11. The molecule has 9 heavy (non-hydrogen) atoms. The van der Waals surface area contributed by atoms with Crippen molar-refractivity contribution in [1.29, 1.82) is 0 Å². The molecule has 0 heterocycles. The van der Waals surface area contributed by atoms with E-state index in [0.717, 1.165) is 0 Å². The van der Waals surface area contributed by atoms with Gasteiger partial charge >= 0.3 is 0 Å². The van der Waals surface area contributed by atoms with Gasteiger partial charge in [-0.1, -0.05) is 25.9 Å². The zero-order valence-corrected chi connectivity index (χ0v) is 5.98. The van der Waals surface area contributed by atoms with Gasteiger partial charge < -0.3 is 5.21 Å². The zero-order chi connectivity index (χ0) is 7.49. The van der Waals surface area contributed by atoms with Crippen molar-refractivity contribution < 1.29 is 9.60 Å². The number of rotatable bonds is 1. The quantitative estimate of drug-likeness (QED) is 0.330. The summed E-state index contributed by atoms with van der Waals surface area (Å²) in [6.45, 7) is 4.70. The molecule has 54 valence electrons. The van der Waals surface area contributed by atoms with Gasteiger partial charge in [0.05, 0.1) is 5.71 Å². The minimum absolute atomic E-state index is 0.183. The summed E-state index contributed by atoms with van der Waals surface area (Å²) in [4.78, 5) is 0. The number of hydrogen-bond donors (Lipinski definition) is 1. The van der Waals surface area contributed by atoms with Gasteiger partial charge in [-0.15, -0.1) is 0 Å². The Labute approximate surface area is 54.4 Å². The summed E-state index contributed by atoms with van der Waals surface area (Å²) in [5.41, 5.74) is -0.175. The summed E-state index contributed by atoms with van der Waals surface area (Å²) >= 11 is 0. The summed E-state index contributed by atoms with van der Waals surface area (Å²) in [5, 5.41) is 11.0. The number of nitrogens with zero attached hydrogens (tertiary/aromatic N) is 1. The van der Waals surface area contributed by atoms with Crippen LogP contribution >= 0.6 is 0 Å². The van der Waals surface area contributed by atoms with E-state index in [0.29, 0.717) is 0 Å². The molecule has 0 amide bonds. The summed E-state index contributed by atoms with van der Waals surface area (Å²) in [7, 11) is 0. The minimum atomic E-state index is -0.681. The zero-order valence-electron chi connectivity index (χ0n) is 5.98. The molecule has 0 saturated heterocycles. The molecule has 2 nitrogen and oxygen atoms in total. The van der Waals surface area contributed by atoms with Gasteiger partial charge in [0.1, 0.15) is 6.67 Å². The molecule has 3 heteroatoms. The molecule has 0 fully saturated rings. The smallest absolute Gasteiger partial charge is 0.131 e. The molecule has 0 aromatic heterocycles. The Bertz CT molecular complexity index is 115. The van der Waals surface area contributed by atoms with Crippen LogP contribution in [0.3, 0.4) is 0 Å². The number of hydrogen-bond acceptors (Lipinski definition) is 2. The molecule has 0 aliphatic rings. The topological polar surface area (TPSA) is 32.6 Å². The van der Waals surface area contributed by atoms with Gasteiger partial charge in [-0.25, -0.2) is 4.39 Å². The van der Waals surface area contributed by atoms with E-state index < -0.39 is 6.67 Å². The van der Waals surface area contributed by atoms with E-state index in [-0.39, 0.29) is 11.1 Å². The second-order valence-electron chi connectivity index (χ2n) is 2.93. The molecule has 0 unspecified atom stereocenters. The maximum atomic E-state index is 11.9. The Morgan fingerprint density at radius 1 is 1.56 bits per heavy atom. The van der Waals surface area contributed by atoms with E-state index in [2.05, 4.69) is 5.16 Å². The molecule has 0 aromatic rings. The Morgan fingerprint density at radius 2 is 2.00 bits per heavy atom. The molecule has 0 atom stereocenters. The van der Waals surface area contributed by atoms with Crippen molar-refractivity contribution in [1.82, 2.24) is 0 Å². The van der Waals surface area contributed by atoms with Crippen LogP contribution in [0, 0.1) is 5.41 Å². The lowest BCUT2D eigenvalue weighted by Gasteiger charge is -2.16. The second-order valence-corrected chi connectivity index (χ2v) is 2.93. The highest BCUT2D eigenvalue weighted by molar-refractivity contribution is 5.89. The largest absolute Gasteiger partial charge is 0.411 e. The van der Waals surface area contributed by atoms with Crippen molar-refractivity contribution in [2.75, 3.05) is 6.67 Å². The first-order valence-corrected chi connectivity index (χ1v) is 2.79. The van der Waals surface area contributed by atoms with Crippen LogP contribution in [0.4, 0.5) is 4.39 Å². The summed E-state index contributed by atoms with van der Waals surface area (Å²) < 4.78 is 11.9. The summed E-state index contributed by atoms with van der Waals surface area (Å²) in [6.07, 6.45) is 0. The van der Waals surface area contributed by atoms with Crippen LogP contribution < -0.4 is 0 Å². The van der Waals surface area contributed by atoms with Crippen LogP contribution in [-0.4, -0.2) is 17.6 Å². The second kappa shape index (κ2) is 2.80. The lowest BCUT2D eigenvalue weighted by molar-refractivity contribution is 0.305. The normalized spacial score (nSPS) is 14.0. The average Bonchev–Trinajstić information content (AvgIpc) is 1.65. The van der Waals surface area contributed by atoms with Crippen molar-refractivity contribution in [3.63, 3.8) is 0 Å². The highest BCUT2D eigenvalue weighted by atomic mass is 19.1. The molecule has 0 spiro atoms. The van der Waals surface area contributed by atoms with E-state index in [9.17, 15) is 4.39 Å². The van der Waals surface area contributed by atoms with Gasteiger partial charge in [-0.3, -0.25) is 0 Å². The predicted octanol–water partition coefficient (Wildman–Crippen LogP) is 1.83.